The Morgan fingerprint density at radius 3 is 2.54 bits per heavy atom. The SMILES string of the molecule is CCNC(=O)C1CC(Nc2nc(-c3c(F)cccc3F)nc3cn(Cc4ccc(OC)cc4OC)c(O)c23)C1. The number of fused-ring (bicyclic) bond motifs is 1. The topological polar surface area (TPSA) is 111 Å². The lowest BCUT2D eigenvalue weighted by atomic mass is 9.79. The molecule has 3 N–H and O–H groups in total. The Balaban J connectivity index is 1.55. The van der Waals surface area contributed by atoms with E-state index in [9.17, 15) is 18.7 Å². The maximum Gasteiger partial charge on any atom is 0.223 e. The molecule has 9 nitrogen and oxygen atoms in total. The van der Waals surface area contributed by atoms with E-state index in [-0.39, 0.29) is 47.5 Å². The Bertz CT molecular complexity index is 1510. The summed E-state index contributed by atoms with van der Waals surface area (Å²) in [5.41, 5.74) is 0.704. The summed E-state index contributed by atoms with van der Waals surface area (Å²) in [6.45, 7) is 2.64. The molecule has 1 aliphatic rings. The lowest BCUT2D eigenvalue weighted by molar-refractivity contribution is -0.127. The number of benzene rings is 2. The highest BCUT2D eigenvalue weighted by atomic mass is 19.1. The number of ether oxygens (including phenoxy) is 2. The molecule has 2 heterocycles. The summed E-state index contributed by atoms with van der Waals surface area (Å²) >= 11 is 0. The first-order valence-corrected chi connectivity index (χ1v) is 12.6. The molecule has 11 heteroatoms. The molecular formula is C28H29F2N5O4. The molecule has 5 rings (SSSR count). The number of hydrogen-bond donors (Lipinski definition) is 3. The number of nitrogens with zero attached hydrogens (tertiary/aromatic N) is 3. The second-order valence-electron chi connectivity index (χ2n) is 9.42. The van der Waals surface area contributed by atoms with Gasteiger partial charge in [0.1, 0.15) is 34.3 Å². The molecule has 2 aromatic heterocycles. The third-order valence-corrected chi connectivity index (χ3v) is 6.93. The third-order valence-electron chi connectivity index (χ3n) is 6.93. The van der Waals surface area contributed by atoms with Gasteiger partial charge in [0, 0.05) is 36.3 Å². The maximum absolute atomic E-state index is 14.7. The van der Waals surface area contributed by atoms with Crippen molar-refractivity contribution in [1.29, 1.82) is 0 Å². The van der Waals surface area contributed by atoms with Crippen molar-refractivity contribution in [3.63, 3.8) is 0 Å². The van der Waals surface area contributed by atoms with Crippen LogP contribution in [0, 0.1) is 17.6 Å². The Morgan fingerprint density at radius 2 is 1.87 bits per heavy atom. The number of aromatic nitrogens is 3. The normalized spacial score (nSPS) is 16.5. The van der Waals surface area contributed by atoms with Gasteiger partial charge in [-0.1, -0.05) is 6.07 Å². The number of amides is 1. The van der Waals surface area contributed by atoms with Gasteiger partial charge in [0.25, 0.3) is 0 Å². The maximum atomic E-state index is 14.7. The summed E-state index contributed by atoms with van der Waals surface area (Å²) in [5, 5.41) is 17.6. The first-order chi connectivity index (χ1) is 18.8. The van der Waals surface area contributed by atoms with Crippen LogP contribution in [-0.2, 0) is 11.3 Å². The van der Waals surface area contributed by atoms with Crippen molar-refractivity contribution in [3.05, 3.63) is 59.8 Å². The highest BCUT2D eigenvalue weighted by Crippen LogP contribution is 2.38. The predicted octanol–water partition coefficient (Wildman–Crippen LogP) is 4.47. The fourth-order valence-electron chi connectivity index (χ4n) is 4.82. The molecule has 1 fully saturated rings. The number of aromatic hydroxyl groups is 1. The molecular weight excluding hydrogens is 508 g/mol. The molecule has 0 aliphatic heterocycles. The Labute approximate surface area is 223 Å². The summed E-state index contributed by atoms with van der Waals surface area (Å²) in [5.74, 6) is -0.601. The van der Waals surface area contributed by atoms with E-state index in [2.05, 4.69) is 20.6 Å². The second kappa shape index (κ2) is 10.8. The average molecular weight is 538 g/mol. The number of methoxy groups -OCH3 is 2. The minimum atomic E-state index is -0.799. The molecule has 0 spiro atoms. The molecule has 1 saturated carbocycles. The molecule has 0 bridgehead atoms. The van der Waals surface area contributed by atoms with Gasteiger partial charge in [0.2, 0.25) is 11.8 Å². The van der Waals surface area contributed by atoms with Crippen molar-refractivity contribution in [2.24, 2.45) is 5.92 Å². The second-order valence-corrected chi connectivity index (χ2v) is 9.42. The number of carbonyl (C=O) groups excluding carboxylic acids is 1. The summed E-state index contributed by atoms with van der Waals surface area (Å²) in [4.78, 5) is 21.0. The summed E-state index contributed by atoms with van der Waals surface area (Å²) < 4.78 is 41.7. The van der Waals surface area contributed by atoms with Crippen LogP contribution in [0.4, 0.5) is 14.6 Å². The minimum absolute atomic E-state index is 0.0139. The summed E-state index contributed by atoms with van der Waals surface area (Å²) in [6.07, 6.45) is 2.72. The minimum Gasteiger partial charge on any atom is -0.497 e. The third kappa shape index (κ3) is 5.04. The molecule has 0 saturated heterocycles. The molecule has 39 heavy (non-hydrogen) atoms. The van der Waals surface area contributed by atoms with Crippen molar-refractivity contribution in [1.82, 2.24) is 19.9 Å². The zero-order valence-corrected chi connectivity index (χ0v) is 21.8. The number of rotatable bonds is 9. The van der Waals surface area contributed by atoms with Crippen molar-refractivity contribution < 1.29 is 28.2 Å². The van der Waals surface area contributed by atoms with E-state index in [1.807, 2.05) is 13.0 Å². The molecule has 0 unspecified atom stereocenters. The van der Waals surface area contributed by atoms with E-state index in [1.165, 1.54) is 6.07 Å². The quantitative estimate of drug-likeness (QED) is 0.289. The fraction of sp³-hybridized carbons (Fsp3) is 0.321. The van der Waals surface area contributed by atoms with Crippen molar-refractivity contribution in [2.45, 2.75) is 32.4 Å². The summed E-state index contributed by atoms with van der Waals surface area (Å²) in [6, 6.07) is 8.78. The van der Waals surface area contributed by atoms with Gasteiger partial charge < -0.3 is 29.8 Å². The first kappa shape index (κ1) is 26.2. The molecule has 0 radical (unpaired) electrons. The van der Waals surface area contributed by atoms with Gasteiger partial charge in [-0.25, -0.2) is 18.7 Å². The van der Waals surface area contributed by atoms with E-state index in [0.717, 1.165) is 17.7 Å². The van der Waals surface area contributed by atoms with E-state index < -0.39 is 11.6 Å². The van der Waals surface area contributed by atoms with Gasteiger partial charge in [-0.05, 0) is 44.0 Å². The molecule has 204 valence electrons. The smallest absolute Gasteiger partial charge is 0.223 e. The van der Waals surface area contributed by atoms with Gasteiger partial charge in [-0.3, -0.25) is 4.79 Å². The monoisotopic (exact) mass is 537 g/mol. The fourth-order valence-corrected chi connectivity index (χ4v) is 4.82. The highest BCUT2D eigenvalue weighted by molar-refractivity contribution is 5.95. The summed E-state index contributed by atoms with van der Waals surface area (Å²) in [7, 11) is 3.10. The number of hydrogen-bond acceptors (Lipinski definition) is 7. The van der Waals surface area contributed by atoms with E-state index >= 15 is 0 Å². The van der Waals surface area contributed by atoms with Gasteiger partial charge >= 0.3 is 0 Å². The number of anilines is 1. The lowest BCUT2D eigenvalue weighted by Crippen LogP contribution is -2.44. The molecule has 0 atom stereocenters. The van der Waals surface area contributed by atoms with Crippen LogP contribution in [0.15, 0.2) is 42.6 Å². The lowest BCUT2D eigenvalue weighted by Gasteiger charge is -2.35. The highest BCUT2D eigenvalue weighted by Gasteiger charge is 2.35. The van der Waals surface area contributed by atoms with Crippen LogP contribution in [-0.4, -0.2) is 52.4 Å². The van der Waals surface area contributed by atoms with Gasteiger partial charge in [-0.2, -0.15) is 0 Å². The van der Waals surface area contributed by atoms with E-state index in [1.54, 1.807) is 37.1 Å². The first-order valence-electron chi connectivity index (χ1n) is 12.6. The average Bonchev–Trinajstić information content (AvgIpc) is 3.21. The van der Waals surface area contributed by atoms with Crippen LogP contribution in [0.25, 0.3) is 22.3 Å². The largest absolute Gasteiger partial charge is 0.497 e. The van der Waals surface area contributed by atoms with Crippen LogP contribution in [0.3, 0.4) is 0 Å². The Kier molecular flexibility index (Phi) is 7.23. The Morgan fingerprint density at radius 1 is 1.13 bits per heavy atom. The molecule has 1 amide bonds. The van der Waals surface area contributed by atoms with Crippen LogP contribution in [0.2, 0.25) is 0 Å². The number of halogens is 2. The van der Waals surface area contributed by atoms with Gasteiger partial charge in [0.15, 0.2) is 5.82 Å². The zero-order chi connectivity index (χ0) is 27.7. The molecule has 4 aromatic rings. The number of nitrogens with one attached hydrogen (secondary N) is 2. The zero-order valence-electron chi connectivity index (χ0n) is 21.8. The van der Waals surface area contributed by atoms with Crippen LogP contribution in [0.5, 0.6) is 17.4 Å². The Hall–Kier alpha value is -4.41. The number of carbonyl (C=O) groups is 1. The van der Waals surface area contributed by atoms with Gasteiger partial charge in [0.05, 0.1) is 31.8 Å². The predicted molar refractivity (Wildman–Crippen MR) is 142 cm³/mol. The van der Waals surface area contributed by atoms with Crippen molar-refractivity contribution in [3.8, 4) is 28.8 Å². The van der Waals surface area contributed by atoms with Crippen molar-refractivity contribution in [2.75, 3.05) is 26.1 Å². The van der Waals surface area contributed by atoms with Crippen LogP contribution < -0.4 is 20.1 Å². The van der Waals surface area contributed by atoms with Crippen LogP contribution in [0.1, 0.15) is 25.3 Å². The van der Waals surface area contributed by atoms with Crippen molar-refractivity contribution >= 4 is 22.6 Å². The van der Waals surface area contributed by atoms with E-state index in [4.69, 9.17) is 9.47 Å². The molecule has 1 aliphatic carbocycles. The van der Waals surface area contributed by atoms with E-state index in [0.29, 0.717) is 41.8 Å². The van der Waals surface area contributed by atoms with Gasteiger partial charge in [-0.15, -0.1) is 0 Å². The van der Waals surface area contributed by atoms with Crippen LogP contribution >= 0.6 is 0 Å². The standard InChI is InChI=1S/C28H29F2N5O4/c1-4-31-27(36)16-10-17(11-16)32-26-24-21(33-25(34-26)23-19(29)6-5-7-20(23)30)14-35(28(24)37)13-15-8-9-18(38-2)12-22(15)39-3/h5-9,12,14,16-17,37H,4,10-11,13H2,1-3H3,(H,31,36)(H,32,33,34). The molecule has 2 aromatic carbocycles.